The van der Waals surface area contributed by atoms with Gasteiger partial charge in [0.2, 0.25) is 0 Å². The van der Waals surface area contributed by atoms with Gasteiger partial charge in [-0.25, -0.2) is 0 Å². The van der Waals surface area contributed by atoms with Crippen molar-refractivity contribution >= 4 is 10.1 Å². The first kappa shape index (κ1) is 26.4. The van der Waals surface area contributed by atoms with E-state index >= 15 is 0 Å². The molecule has 0 spiro atoms. The highest BCUT2D eigenvalue weighted by molar-refractivity contribution is 7.86. The van der Waals surface area contributed by atoms with Crippen molar-refractivity contribution in [3.8, 4) is 0 Å². The van der Waals surface area contributed by atoms with Crippen LogP contribution in [0.4, 0.5) is 0 Å². The van der Waals surface area contributed by atoms with E-state index in [4.69, 9.17) is 27.9 Å². The lowest BCUT2D eigenvalue weighted by atomic mass is 10.2. The van der Waals surface area contributed by atoms with E-state index in [0.29, 0.717) is 59.5 Å². The van der Waals surface area contributed by atoms with Crippen molar-refractivity contribution in [2.45, 2.75) is 11.5 Å². The summed E-state index contributed by atoms with van der Waals surface area (Å²) in [4.78, 5) is 0.130. The lowest BCUT2D eigenvalue weighted by Gasteiger charge is -2.08. The molecule has 0 saturated heterocycles. The highest BCUT2D eigenvalue weighted by atomic mass is 32.2. The van der Waals surface area contributed by atoms with Crippen LogP contribution in [0.5, 0.6) is 0 Å². The number of hydrogen-bond acceptors (Lipinski definition) is 8. The maximum Gasteiger partial charge on any atom is 0.297 e. The summed E-state index contributed by atoms with van der Waals surface area (Å²) in [5, 5.41) is 0. The minimum absolute atomic E-state index is 0.0440. The van der Waals surface area contributed by atoms with Crippen molar-refractivity contribution in [3.05, 3.63) is 66.2 Å². The Morgan fingerprint density at radius 3 is 1.41 bits per heavy atom. The van der Waals surface area contributed by atoms with Crippen LogP contribution >= 0.6 is 0 Å². The zero-order valence-electron chi connectivity index (χ0n) is 18.2. The van der Waals surface area contributed by atoms with Crippen molar-refractivity contribution < 1.29 is 36.3 Å². The van der Waals surface area contributed by atoms with Crippen LogP contribution in [0.25, 0.3) is 0 Å². The molecule has 0 atom stereocenters. The molecule has 0 amide bonds. The van der Waals surface area contributed by atoms with Crippen molar-refractivity contribution in [2.24, 2.45) is 0 Å². The molecule has 2 aromatic carbocycles. The summed E-state index contributed by atoms with van der Waals surface area (Å²) in [6.45, 7) is 4.42. The highest BCUT2D eigenvalue weighted by Crippen LogP contribution is 2.10. The third kappa shape index (κ3) is 12.3. The van der Waals surface area contributed by atoms with E-state index in [1.54, 1.807) is 18.2 Å². The minimum atomic E-state index is -3.74. The fourth-order valence-electron chi connectivity index (χ4n) is 2.50. The molecule has 2 rings (SSSR count). The van der Waals surface area contributed by atoms with Gasteiger partial charge in [-0.3, -0.25) is 4.18 Å². The number of ether oxygens (including phenoxy) is 5. The quantitative estimate of drug-likeness (QED) is 0.230. The average Bonchev–Trinajstić information content (AvgIpc) is 2.82. The van der Waals surface area contributed by atoms with Gasteiger partial charge < -0.3 is 23.7 Å². The van der Waals surface area contributed by atoms with Crippen LogP contribution in [0.2, 0.25) is 0 Å². The van der Waals surface area contributed by atoms with Crippen LogP contribution in [0.1, 0.15) is 5.56 Å². The normalized spacial score (nSPS) is 11.6. The molecule has 0 fully saturated rings. The maximum absolute atomic E-state index is 11.9. The standard InChI is InChI=1S/C23H32O8S/c24-32(25,23-9-5-2-6-10-23)31-20-19-29-16-15-27-12-11-26-13-14-28-17-18-30-21-22-7-3-1-4-8-22/h1-10H,11-21H2. The number of rotatable bonds is 19. The highest BCUT2D eigenvalue weighted by Gasteiger charge is 2.13. The Morgan fingerprint density at radius 1 is 0.500 bits per heavy atom. The SMILES string of the molecule is O=S(=O)(OCCOCCOCCOCCOCCOCc1ccccc1)c1ccccc1. The molecular formula is C23H32O8S. The lowest BCUT2D eigenvalue weighted by Crippen LogP contribution is -2.15. The smallest absolute Gasteiger partial charge is 0.297 e. The van der Waals surface area contributed by atoms with Gasteiger partial charge in [-0.15, -0.1) is 0 Å². The van der Waals surface area contributed by atoms with Crippen molar-refractivity contribution in [3.63, 3.8) is 0 Å². The molecular weight excluding hydrogens is 436 g/mol. The van der Waals surface area contributed by atoms with Crippen LogP contribution in [-0.4, -0.2) is 74.5 Å². The predicted molar refractivity (Wildman–Crippen MR) is 119 cm³/mol. The largest absolute Gasteiger partial charge is 0.377 e. The Labute approximate surface area is 190 Å². The number of hydrogen-bond donors (Lipinski definition) is 0. The second kappa shape index (κ2) is 16.7. The van der Waals surface area contributed by atoms with E-state index in [1.807, 2.05) is 30.3 Å². The van der Waals surface area contributed by atoms with Crippen molar-refractivity contribution in [1.29, 1.82) is 0 Å². The number of benzene rings is 2. The first-order valence-electron chi connectivity index (χ1n) is 10.6. The molecule has 0 aliphatic heterocycles. The summed E-state index contributed by atoms with van der Waals surface area (Å²) < 4.78 is 55.8. The van der Waals surface area contributed by atoms with Gasteiger partial charge in [-0.05, 0) is 17.7 Å². The van der Waals surface area contributed by atoms with Gasteiger partial charge >= 0.3 is 0 Å². The van der Waals surface area contributed by atoms with Gasteiger partial charge in [0.05, 0.1) is 77.6 Å². The van der Waals surface area contributed by atoms with Gasteiger partial charge in [0.15, 0.2) is 0 Å². The Morgan fingerprint density at radius 2 is 0.906 bits per heavy atom. The first-order chi connectivity index (χ1) is 15.7. The topological polar surface area (TPSA) is 89.5 Å². The molecule has 9 heteroatoms. The van der Waals surface area contributed by atoms with Crippen molar-refractivity contribution in [2.75, 3.05) is 66.1 Å². The molecule has 0 bridgehead atoms. The summed E-state index contributed by atoms with van der Waals surface area (Å²) in [7, 11) is -3.74. The van der Waals surface area contributed by atoms with Gasteiger partial charge in [0, 0.05) is 0 Å². The second-order valence-corrected chi connectivity index (χ2v) is 8.19. The zero-order chi connectivity index (χ0) is 22.7. The third-order valence-corrected chi connectivity index (χ3v) is 5.42. The van der Waals surface area contributed by atoms with E-state index in [9.17, 15) is 8.42 Å². The van der Waals surface area contributed by atoms with Crippen LogP contribution in [-0.2, 0) is 44.6 Å². The average molecular weight is 469 g/mol. The van der Waals surface area contributed by atoms with Crippen LogP contribution in [0, 0.1) is 0 Å². The van der Waals surface area contributed by atoms with E-state index in [2.05, 4.69) is 0 Å². The van der Waals surface area contributed by atoms with Crippen LogP contribution < -0.4 is 0 Å². The Bertz CT molecular complexity index is 799. The summed E-state index contributed by atoms with van der Waals surface area (Å²) in [6.07, 6.45) is 0. The van der Waals surface area contributed by atoms with Gasteiger partial charge in [-0.1, -0.05) is 48.5 Å². The minimum Gasteiger partial charge on any atom is -0.377 e. The van der Waals surface area contributed by atoms with E-state index in [1.165, 1.54) is 12.1 Å². The summed E-state index contributed by atoms with van der Waals surface area (Å²) in [5.41, 5.74) is 1.14. The maximum atomic E-state index is 11.9. The van der Waals surface area contributed by atoms with Gasteiger partial charge in [0.1, 0.15) is 0 Å². The second-order valence-electron chi connectivity index (χ2n) is 6.58. The molecule has 32 heavy (non-hydrogen) atoms. The van der Waals surface area contributed by atoms with E-state index < -0.39 is 10.1 Å². The van der Waals surface area contributed by atoms with E-state index in [-0.39, 0.29) is 18.1 Å². The van der Waals surface area contributed by atoms with Gasteiger partial charge in [0.25, 0.3) is 10.1 Å². The zero-order valence-corrected chi connectivity index (χ0v) is 19.0. The fraction of sp³-hybridized carbons (Fsp3) is 0.478. The molecule has 0 radical (unpaired) electrons. The first-order valence-corrected chi connectivity index (χ1v) is 12.0. The third-order valence-electron chi connectivity index (χ3n) is 4.10. The molecule has 0 unspecified atom stereocenters. The van der Waals surface area contributed by atoms with Crippen molar-refractivity contribution in [1.82, 2.24) is 0 Å². The monoisotopic (exact) mass is 468 g/mol. The van der Waals surface area contributed by atoms with Crippen LogP contribution in [0.15, 0.2) is 65.6 Å². The Balaban J connectivity index is 1.29. The summed E-state index contributed by atoms with van der Waals surface area (Å²) in [5.74, 6) is 0. The lowest BCUT2D eigenvalue weighted by molar-refractivity contribution is -0.0138. The molecule has 0 aromatic heterocycles. The summed E-state index contributed by atoms with van der Waals surface area (Å²) in [6, 6.07) is 18.0. The molecule has 2 aromatic rings. The van der Waals surface area contributed by atoms with Gasteiger partial charge in [-0.2, -0.15) is 8.42 Å². The molecule has 8 nitrogen and oxygen atoms in total. The summed E-state index contributed by atoms with van der Waals surface area (Å²) >= 11 is 0. The Kier molecular flexibility index (Phi) is 13.8. The molecule has 178 valence electrons. The molecule has 0 saturated carbocycles. The molecule has 0 heterocycles. The molecule has 0 aliphatic carbocycles. The van der Waals surface area contributed by atoms with Crippen LogP contribution in [0.3, 0.4) is 0 Å². The molecule has 0 aliphatic rings. The fourth-order valence-corrected chi connectivity index (χ4v) is 3.42. The predicted octanol–water partition coefficient (Wildman–Crippen LogP) is 2.68. The van der Waals surface area contributed by atoms with E-state index in [0.717, 1.165) is 5.56 Å². The Hall–Kier alpha value is -1.85. The molecule has 0 N–H and O–H groups in total.